The average molecular weight is 283 g/mol. The van der Waals surface area contributed by atoms with E-state index in [1.165, 1.54) is 22.4 Å². The number of nitrogens with zero attached hydrogens (tertiary/aromatic N) is 1. The number of pyridine rings is 1. The first kappa shape index (κ1) is 15.4. The summed E-state index contributed by atoms with van der Waals surface area (Å²) in [6.07, 6.45) is 2.03. The fourth-order valence-corrected chi connectivity index (χ4v) is 2.48. The summed E-state index contributed by atoms with van der Waals surface area (Å²) in [4.78, 5) is 4.69. The monoisotopic (exact) mass is 283 g/mol. The maximum absolute atomic E-state index is 4.69. The minimum Gasteiger partial charge on any atom is -0.370 e. The van der Waals surface area contributed by atoms with Crippen molar-refractivity contribution >= 4 is 17.3 Å². The lowest BCUT2D eigenvalue weighted by atomic mass is 10.0. The van der Waals surface area contributed by atoms with E-state index in [1.54, 1.807) is 0 Å². The second-order valence-electron chi connectivity index (χ2n) is 5.18. The Bertz CT molecular complexity index is 583. The normalized spacial score (nSPS) is 10.5. The molecule has 0 amide bonds. The quantitative estimate of drug-likeness (QED) is 0.807. The molecule has 0 spiro atoms. The largest absolute Gasteiger partial charge is 0.370 e. The van der Waals surface area contributed by atoms with Gasteiger partial charge < -0.3 is 10.6 Å². The molecule has 112 valence electrons. The summed E-state index contributed by atoms with van der Waals surface area (Å²) in [7, 11) is 0. The van der Waals surface area contributed by atoms with Crippen molar-refractivity contribution in [2.24, 2.45) is 0 Å². The van der Waals surface area contributed by atoms with Crippen molar-refractivity contribution in [2.45, 2.75) is 40.5 Å². The van der Waals surface area contributed by atoms with Crippen LogP contribution < -0.4 is 10.6 Å². The molecule has 0 fully saturated rings. The highest BCUT2D eigenvalue weighted by Gasteiger charge is 2.08. The molecule has 21 heavy (non-hydrogen) atoms. The van der Waals surface area contributed by atoms with Crippen LogP contribution in [0.4, 0.5) is 17.3 Å². The van der Waals surface area contributed by atoms with Crippen molar-refractivity contribution in [3.8, 4) is 0 Å². The Morgan fingerprint density at radius 2 is 1.62 bits per heavy atom. The van der Waals surface area contributed by atoms with Gasteiger partial charge in [-0.3, -0.25) is 0 Å². The van der Waals surface area contributed by atoms with Crippen LogP contribution in [0.5, 0.6) is 0 Å². The predicted molar refractivity (Wildman–Crippen MR) is 91.6 cm³/mol. The number of hydrogen-bond donors (Lipinski definition) is 2. The molecule has 2 aromatic rings. The Hall–Kier alpha value is -2.03. The highest BCUT2D eigenvalue weighted by molar-refractivity contribution is 5.66. The molecule has 0 aliphatic rings. The van der Waals surface area contributed by atoms with Crippen LogP contribution in [0, 0.1) is 6.92 Å². The highest BCUT2D eigenvalue weighted by atomic mass is 15.1. The van der Waals surface area contributed by atoms with E-state index in [0.29, 0.717) is 0 Å². The van der Waals surface area contributed by atoms with Crippen LogP contribution in [0.25, 0.3) is 0 Å². The standard InChI is InChI=1S/C18H25N3/c1-5-14-9-8-10-15(6-2)17(14)20-16-12-11-13(4)18(21-16)19-7-3/h8-12H,5-7H2,1-4H3,(H2,19,20,21). The lowest BCUT2D eigenvalue weighted by Gasteiger charge is -2.16. The average Bonchev–Trinajstić information content (AvgIpc) is 2.51. The molecular weight excluding hydrogens is 258 g/mol. The Morgan fingerprint density at radius 3 is 2.19 bits per heavy atom. The minimum atomic E-state index is 0.878. The summed E-state index contributed by atoms with van der Waals surface area (Å²) in [5, 5.41) is 6.83. The van der Waals surface area contributed by atoms with Crippen LogP contribution >= 0.6 is 0 Å². The lowest BCUT2D eigenvalue weighted by Crippen LogP contribution is -2.05. The second kappa shape index (κ2) is 7.11. The smallest absolute Gasteiger partial charge is 0.132 e. The Labute approximate surface area is 127 Å². The first-order chi connectivity index (χ1) is 10.2. The van der Waals surface area contributed by atoms with Crippen LogP contribution in [0.2, 0.25) is 0 Å². The van der Waals surface area contributed by atoms with Crippen LogP contribution in [0.1, 0.15) is 37.5 Å². The Kier molecular flexibility index (Phi) is 5.20. The molecule has 0 atom stereocenters. The van der Waals surface area contributed by atoms with Crippen molar-refractivity contribution in [3.05, 3.63) is 47.0 Å². The van der Waals surface area contributed by atoms with Gasteiger partial charge in [-0.05, 0) is 49.4 Å². The van der Waals surface area contributed by atoms with E-state index >= 15 is 0 Å². The molecule has 0 aliphatic heterocycles. The fraction of sp³-hybridized carbons (Fsp3) is 0.389. The molecular formula is C18H25N3. The number of aromatic nitrogens is 1. The summed E-state index contributed by atoms with van der Waals surface area (Å²) >= 11 is 0. The summed E-state index contributed by atoms with van der Waals surface area (Å²) in [6.45, 7) is 9.41. The van der Waals surface area contributed by atoms with Gasteiger partial charge in [0.25, 0.3) is 0 Å². The molecule has 3 nitrogen and oxygen atoms in total. The zero-order valence-electron chi connectivity index (χ0n) is 13.5. The molecule has 0 saturated heterocycles. The van der Waals surface area contributed by atoms with Crippen molar-refractivity contribution in [1.29, 1.82) is 0 Å². The summed E-state index contributed by atoms with van der Waals surface area (Å²) < 4.78 is 0. The van der Waals surface area contributed by atoms with E-state index in [0.717, 1.165) is 31.0 Å². The van der Waals surface area contributed by atoms with E-state index in [4.69, 9.17) is 0 Å². The van der Waals surface area contributed by atoms with Gasteiger partial charge >= 0.3 is 0 Å². The number of rotatable bonds is 6. The summed E-state index contributed by atoms with van der Waals surface area (Å²) in [5.74, 6) is 1.85. The Balaban J connectivity index is 2.36. The molecule has 3 heteroatoms. The first-order valence-corrected chi connectivity index (χ1v) is 7.78. The third kappa shape index (κ3) is 3.54. The molecule has 1 aromatic carbocycles. The fourth-order valence-electron chi connectivity index (χ4n) is 2.48. The zero-order valence-corrected chi connectivity index (χ0v) is 13.5. The molecule has 0 bridgehead atoms. The van der Waals surface area contributed by atoms with Crippen LogP contribution in [-0.2, 0) is 12.8 Å². The number of aryl methyl sites for hydroxylation is 3. The van der Waals surface area contributed by atoms with Gasteiger partial charge in [0.2, 0.25) is 0 Å². The van der Waals surface area contributed by atoms with Crippen LogP contribution in [-0.4, -0.2) is 11.5 Å². The van der Waals surface area contributed by atoms with Crippen molar-refractivity contribution < 1.29 is 0 Å². The number of para-hydroxylation sites is 1. The zero-order chi connectivity index (χ0) is 15.2. The molecule has 0 radical (unpaired) electrons. The molecule has 1 heterocycles. The van der Waals surface area contributed by atoms with Crippen molar-refractivity contribution in [3.63, 3.8) is 0 Å². The van der Waals surface area contributed by atoms with Gasteiger partial charge in [0.1, 0.15) is 11.6 Å². The predicted octanol–water partition coefficient (Wildman–Crippen LogP) is 4.69. The van der Waals surface area contributed by atoms with E-state index in [9.17, 15) is 0 Å². The SMILES string of the molecule is CCNc1nc(Nc2c(CC)cccc2CC)ccc1C. The van der Waals surface area contributed by atoms with Crippen molar-refractivity contribution in [1.82, 2.24) is 4.98 Å². The second-order valence-corrected chi connectivity index (χ2v) is 5.18. The van der Waals surface area contributed by atoms with Crippen molar-refractivity contribution in [2.75, 3.05) is 17.2 Å². The lowest BCUT2D eigenvalue weighted by molar-refractivity contribution is 1.08. The van der Waals surface area contributed by atoms with E-state index in [2.05, 4.69) is 67.6 Å². The van der Waals surface area contributed by atoms with Crippen LogP contribution in [0.15, 0.2) is 30.3 Å². The highest BCUT2D eigenvalue weighted by Crippen LogP contribution is 2.26. The third-order valence-electron chi connectivity index (χ3n) is 3.69. The summed E-state index contributed by atoms with van der Waals surface area (Å²) in [5.41, 5.74) is 5.05. The van der Waals surface area contributed by atoms with Gasteiger partial charge in [0.15, 0.2) is 0 Å². The van der Waals surface area contributed by atoms with E-state index in [1.807, 2.05) is 6.07 Å². The number of anilines is 3. The topological polar surface area (TPSA) is 37.0 Å². The summed E-state index contributed by atoms with van der Waals surface area (Å²) in [6, 6.07) is 10.6. The molecule has 1 aromatic heterocycles. The maximum atomic E-state index is 4.69. The molecule has 2 N–H and O–H groups in total. The van der Waals surface area contributed by atoms with Crippen LogP contribution in [0.3, 0.4) is 0 Å². The minimum absolute atomic E-state index is 0.878. The molecule has 2 rings (SSSR count). The maximum Gasteiger partial charge on any atom is 0.132 e. The Morgan fingerprint density at radius 1 is 0.952 bits per heavy atom. The number of benzene rings is 1. The van der Waals surface area contributed by atoms with Gasteiger partial charge in [0, 0.05) is 12.2 Å². The number of hydrogen-bond acceptors (Lipinski definition) is 3. The van der Waals surface area contributed by atoms with Gasteiger partial charge in [0.05, 0.1) is 0 Å². The van der Waals surface area contributed by atoms with Gasteiger partial charge in [-0.2, -0.15) is 0 Å². The molecule has 0 unspecified atom stereocenters. The number of nitrogens with one attached hydrogen (secondary N) is 2. The van der Waals surface area contributed by atoms with E-state index in [-0.39, 0.29) is 0 Å². The third-order valence-corrected chi connectivity index (χ3v) is 3.69. The van der Waals surface area contributed by atoms with Gasteiger partial charge in [-0.25, -0.2) is 4.98 Å². The molecule has 0 saturated carbocycles. The van der Waals surface area contributed by atoms with E-state index < -0.39 is 0 Å². The first-order valence-electron chi connectivity index (χ1n) is 7.78. The molecule has 0 aliphatic carbocycles. The van der Waals surface area contributed by atoms with Gasteiger partial charge in [-0.15, -0.1) is 0 Å². The van der Waals surface area contributed by atoms with Gasteiger partial charge in [-0.1, -0.05) is 38.1 Å².